The van der Waals surface area contributed by atoms with E-state index in [1.54, 1.807) is 6.92 Å². The van der Waals surface area contributed by atoms with Crippen LogP contribution in [0.15, 0.2) is 12.1 Å². The number of nitro groups is 1. The Morgan fingerprint density at radius 1 is 1.53 bits per heavy atom. The van der Waals surface area contributed by atoms with Crippen molar-refractivity contribution in [3.05, 3.63) is 27.1 Å². The zero-order chi connectivity index (χ0) is 14.6. The number of hydrogen-bond donors (Lipinski definition) is 2. The van der Waals surface area contributed by atoms with Gasteiger partial charge in [-0.15, -0.1) is 0 Å². The fraction of sp³-hybridized carbons (Fsp3) is 0.455. The van der Waals surface area contributed by atoms with Crippen LogP contribution in [-0.4, -0.2) is 27.9 Å². The quantitative estimate of drug-likeness (QED) is 0.613. The van der Waals surface area contributed by atoms with Gasteiger partial charge in [0.15, 0.2) is 0 Å². The summed E-state index contributed by atoms with van der Waals surface area (Å²) in [5.74, 6) is -1.95. The molecule has 19 heavy (non-hydrogen) atoms. The molecule has 2 N–H and O–H groups in total. The number of amides is 1. The minimum absolute atomic E-state index is 0.126. The number of aliphatic carboxylic acids is 1. The third-order valence-electron chi connectivity index (χ3n) is 2.76. The van der Waals surface area contributed by atoms with E-state index in [0.717, 1.165) is 11.3 Å². The number of carboxylic acids is 1. The summed E-state index contributed by atoms with van der Waals surface area (Å²) >= 11 is 0.718. The molecular formula is C11H14N2O5S. The molecule has 0 aliphatic rings. The monoisotopic (exact) mass is 286 g/mol. The van der Waals surface area contributed by atoms with Crippen LogP contribution in [0.5, 0.6) is 0 Å². The zero-order valence-electron chi connectivity index (χ0n) is 10.5. The van der Waals surface area contributed by atoms with Crippen LogP contribution < -0.4 is 5.32 Å². The van der Waals surface area contributed by atoms with Crippen molar-refractivity contribution in [3.63, 3.8) is 0 Å². The Balaban J connectivity index is 2.81. The summed E-state index contributed by atoms with van der Waals surface area (Å²) < 4.78 is 0. The van der Waals surface area contributed by atoms with E-state index in [2.05, 4.69) is 5.32 Å². The fourth-order valence-corrected chi connectivity index (χ4v) is 2.17. The lowest BCUT2D eigenvalue weighted by atomic mass is 9.99. The minimum atomic E-state index is -1.12. The van der Waals surface area contributed by atoms with E-state index in [9.17, 15) is 19.7 Å². The summed E-state index contributed by atoms with van der Waals surface area (Å²) in [4.78, 5) is 32.9. The molecule has 0 radical (unpaired) electrons. The average molecular weight is 286 g/mol. The van der Waals surface area contributed by atoms with E-state index in [4.69, 9.17) is 5.11 Å². The smallest absolute Gasteiger partial charge is 0.326 e. The van der Waals surface area contributed by atoms with Crippen LogP contribution in [-0.2, 0) is 4.79 Å². The van der Waals surface area contributed by atoms with Gasteiger partial charge in [-0.1, -0.05) is 31.6 Å². The lowest BCUT2D eigenvalue weighted by Crippen LogP contribution is -2.44. The van der Waals surface area contributed by atoms with Crippen LogP contribution in [0, 0.1) is 16.0 Å². The molecule has 0 aromatic carbocycles. The molecular weight excluding hydrogens is 272 g/mol. The van der Waals surface area contributed by atoms with Gasteiger partial charge in [0.2, 0.25) is 0 Å². The molecule has 1 aromatic rings. The van der Waals surface area contributed by atoms with Gasteiger partial charge in [-0.3, -0.25) is 14.9 Å². The molecule has 7 nitrogen and oxygen atoms in total. The first-order chi connectivity index (χ1) is 8.86. The summed E-state index contributed by atoms with van der Waals surface area (Å²) in [5, 5.41) is 21.8. The first kappa shape index (κ1) is 15.1. The highest BCUT2D eigenvalue weighted by Gasteiger charge is 2.26. The molecule has 0 fully saturated rings. The van der Waals surface area contributed by atoms with E-state index < -0.39 is 22.8 Å². The van der Waals surface area contributed by atoms with Gasteiger partial charge >= 0.3 is 11.0 Å². The average Bonchev–Trinajstić information content (AvgIpc) is 2.84. The Hall–Kier alpha value is -1.96. The van der Waals surface area contributed by atoms with E-state index in [1.807, 2.05) is 6.92 Å². The normalized spacial score (nSPS) is 13.6. The van der Waals surface area contributed by atoms with E-state index in [-0.39, 0.29) is 15.8 Å². The molecule has 0 spiro atoms. The molecule has 0 aliphatic heterocycles. The highest BCUT2D eigenvalue weighted by molar-refractivity contribution is 7.17. The molecule has 1 amide bonds. The standard InChI is InChI=1S/C11H14N2O5S/c1-3-6(2)9(11(15)16)12-10(14)7-4-5-8(19-7)13(17)18/h4-6,9H,3H2,1-2H3,(H,12,14)(H,15,16)/t6?,9-/m0/s1. The van der Waals surface area contributed by atoms with Crippen LogP contribution in [0.4, 0.5) is 5.00 Å². The van der Waals surface area contributed by atoms with Crippen LogP contribution >= 0.6 is 11.3 Å². The van der Waals surface area contributed by atoms with Gasteiger partial charge in [0.25, 0.3) is 5.91 Å². The van der Waals surface area contributed by atoms with Crippen molar-refractivity contribution in [1.82, 2.24) is 5.32 Å². The maximum atomic E-state index is 11.8. The number of nitrogens with one attached hydrogen (secondary N) is 1. The summed E-state index contributed by atoms with van der Waals surface area (Å²) in [6.45, 7) is 3.54. The summed E-state index contributed by atoms with van der Waals surface area (Å²) in [5.41, 5.74) is 0. The Morgan fingerprint density at radius 3 is 2.58 bits per heavy atom. The van der Waals surface area contributed by atoms with Crippen molar-refractivity contribution in [1.29, 1.82) is 0 Å². The molecule has 1 unspecified atom stereocenters. The predicted octanol–water partition coefficient (Wildman–Crippen LogP) is 1.89. The molecule has 0 aliphatic carbocycles. The van der Waals surface area contributed by atoms with Crippen LogP contribution in [0.1, 0.15) is 29.9 Å². The van der Waals surface area contributed by atoms with Crippen molar-refractivity contribution >= 4 is 28.2 Å². The van der Waals surface area contributed by atoms with Gasteiger partial charge in [-0.2, -0.15) is 0 Å². The third-order valence-corrected chi connectivity index (χ3v) is 3.80. The maximum absolute atomic E-state index is 11.8. The predicted molar refractivity (Wildman–Crippen MR) is 69.3 cm³/mol. The third kappa shape index (κ3) is 3.75. The summed E-state index contributed by atoms with van der Waals surface area (Å²) in [6, 6.07) is 1.53. The first-order valence-electron chi connectivity index (χ1n) is 5.64. The van der Waals surface area contributed by atoms with Crippen LogP contribution in [0.25, 0.3) is 0 Å². The molecule has 0 saturated carbocycles. The largest absolute Gasteiger partial charge is 0.480 e. The van der Waals surface area contributed by atoms with Gasteiger partial charge in [0.05, 0.1) is 9.80 Å². The minimum Gasteiger partial charge on any atom is -0.480 e. The summed E-state index contributed by atoms with van der Waals surface area (Å²) in [6.07, 6.45) is 0.599. The number of carbonyl (C=O) groups excluding carboxylic acids is 1. The van der Waals surface area contributed by atoms with Crippen molar-refractivity contribution in [3.8, 4) is 0 Å². The van der Waals surface area contributed by atoms with Gasteiger partial charge in [-0.05, 0) is 12.0 Å². The molecule has 0 saturated heterocycles. The maximum Gasteiger partial charge on any atom is 0.326 e. The van der Waals surface area contributed by atoms with Crippen molar-refractivity contribution in [2.45, 2.75) is 26.3 Å². The number of hydrogen-bond acceptors (Lipinski definition) is 5. The number of carboxylic acid groups (broad SMARTS) is 1. The molecule has 104 valence electrons. The van der Waals surface area contributed by atoms with Crippen molar-refractivity contribution in [2.24, 2.45) is 5.92 Å². The van der Waals surface area contributed by atoms with E-state index in [1.165, 1.54) is 12.1 Å². The summed E-state index contributed by atoms with van der Waals surface area (Å²) in [7, 11) is 0. The zero-order valence-corrected chi connectivity index (χ0v) is 11.3. The molecule has 1 rings (SSSR count). The first-order valence-corrected chi connectivity index (χ1v) is 6.46. The van der Waals surface area contributed by atoms with E-state index in [0.29, 0.717) is 6.42 Å². The molecule has 0 bridgehead atoms. The van der Waals surface area contributed by atoms with Gasteiger partial charge < -0.3 is 10.4 Å². The lowest BCUT2D eigenvalue weighted by molar-refractivity contribution is -0.380. The van der Waals surface area contributed by atoms with Gasteiger partial charge in [0.1, 0.15) is 6.04 Å². The Bertz CT molecular complexity index is 499. The lowest BCUT2D eigenvalue weighted by Gasteiger charge is -2.19. The second-order valence-electron chi connectivity index (χ2n) is 4.07. The molecule has 2 atom stereocenters. The van der Waals surface area contributed by atoms with Gasteiger partial charge in [0, 0.05) is 6.07 Å². The van der Waals surface area contributed by atoms with E-state index >= 15 is 0 Å². The topological polar surface area (TPSA) is 110 Å². The Labute approximate surface area is 113 Å². The number of thiophene rings is 1. The Kier molecular flexibility index (Phi) is 4.99. The molecule has 1 heterocycles. The van der Waals surface area contributed by atoms with Crippen LogP contribution in [0.3, 0.4) is 0 Å². The molecule has 8 heteroatoms. The second kappa shape index (κ2) is 6.28. The van der Waals surface area contributed by atoms with Crippen molar-refractivity contribution < 1.29 is 19.6 Å². The highest BCUT2D eigenvalue weighted by atomic mass is 32.1. The SMILES string of the molecule is CCC(C)[C@H](NC(=O)c1ccc([N+](=O)[O-])s1)C(=O)O. The fourth-order valence-electron chi connectivity index (χ4n) is 1.44. The highest BCUT2D eigenvalue weighted by Crippen LogP contribution is 2.24. The Morgan fingerprint density at radius 2 is 2.16 bits per heavy atom. The number of rotatable bonds is 6. The number of nitrogens with zero attached hydrogens (tertiary/aromatic N) is 1. The van der Waals surface area contributed by atoms with Crippen molar-refractivity contribution in [2.75, 3.05) is 0 Å². The number of carbonyl (C=O) groups is 2. The van der Waals surface area contributed by atoms with Crippen LogP contribution in [0.2, 0.25) is 0 Å². The van der Waals surface area contributed by atoms with Gasteiger partial charge in [-0.25, -0.2) is 4.79 Å². The second-order valence-corrected chi connectivity index (χ2v) is 5.13. The molecule has 1 aromatic heterocycles.